The van der Waals surface area contributed by atoms with Crippen molar-refractivity contribution in [2.75, 3.05) is 4.90 Å². The molecule has 4 heterocycles. The van der Waals surface area contributed by atoms with E-state index in [0.29, 0.717) is 5.89 Å². The third-order valence-corrected chi connectivity index (χ3v) is 10.7. The van der Waals surface area contributed by atoms with Gasteiger partial charge in [-0.25, -0.2) is 4.98 Å². The average Bonchev–Trinajstić information content (AvgIpc) is 3.92. The Bertz CT molecular complexity index is 3060. The Kier molecular flexibility index (Phi) is 5.48. The maximum absolute atomic E-state index is 6.42. The molecule has 0 aliphatic rings. The quantitative estimate of drug-likeness (QED) is 0.190. The summed E-state index contributed by atoms with van der Waals surface area (Å²) in [6, 6.07) is 50.4. The van der Waals surface area contributed by atoms with Gasteiger partial charge in [0, 0.05) is 70.4 Å². The van der Waals surface area contributed by atoms with Crippen molar-refractivity contribution in [3.8, 4) is 11.5 Å². The van der Waals surface area contributed by atoms with E-state index in [4.69, 9.17) is 18.2 Å². The van der Waals surface area contributed by atoms with E-state index in [0.717, 1.165) is 77.6 Å². The maximum atomic E-state index is 6.42. The second kappa shape index (κ2) is 10.1. The van der Waals surface area contributed by atoms with Crippen LogP contribution in [-0.4, -0.2) is 4.98 Å². The Morgan fingerprint density at radius 1 is 0.429 bits per heavy atom. The third-order valence-electron chi connectivity index (χ3n) is 9.50. The van der Waals surface area contributed by atoms with Gasteiger partial charge in [0.2, 0.25) is 5.89 Å². The molecule has 230 valence electrons. The molecule has 11 aromatic rings. The SMILES string of the molecule is c1ccc2oc(-c3cccc4oc5ccc(N(c6ccc7c(c6)oc6ccccc67)c6ccc7sc8ccccc8c7c6)cc5c34)nc2c1. The van der Waals surface area contributed by atoms with E-state index in [9.17, 15) is 0 Å². The molecule has 0 N–H and O–H groups in total. The van der Waals surface area contributed by atoms with E-state index < -0.39 is 0 Å². The van der Waals surface area contributed by atoms with Gasteiger partial charge in [0.15, 0.2) is 5.58 Å². The molecule has 0 fully saturated rings. The molecule has 0 radical (unpaired) electrons. The molecule has 0 atom stereocenters. The van der Waals surface area contributed by atoms with Crippen molar-refractivity contribution in [2.24, 2.45) is 0 Å². The normalized spacial score (nSPS) is 12.1. The molecule has 0 spiro atoms. The van der Waals surface area contributed by atoms with E-state index in [1.54, 1.807) is 0 Å². The van der Waals surface area contributed by atoms with Gasteiger partial charge in [0.25, 0.3) is 0 Å². The standard InChI is InChI=1S/C43H24N2O3S/c1-4-12-35-28(8-1)29-19-16-27(24-39(29)47-35)45(26-18-21-41-32(22-26)30-9-2-6-15-40(30)49-41)25-17-20-36-33(23-25)42-31(10-7-14-38(42)46-36)43-44-34-11-3-5-13-37(34)48-43/h1-24H. The van der Waals surface area contributed by atoms with E-state index >= 15 is 0 Å². The van der Waals surface area contributed by atoms with Crippen LogP contribution in [0, 0.1) is 0 Å². The third kappa shape index (κ3) is 4.01. The van der Waals surface area contributed by atoms with E-state index in [1.807, 2.05) is 59.9 Å². The first-order valence-electron chi connectivity index (χ1n) is 16.2. The lowest BCUT2D eigenvalue weighted by Crippen LogP contribution is -2.09. The van der Waals surface area contributed by atoms with E-state index in [1.165, 1.54) is 20.2 Å². The van der Waals surface area contributed by atoms with Crippen molar-refractivity contribution in [1.29, 1.82) is 0 Å². The highest BCUT2D eigenvalue weighted by Crippen LogP contribution is 2.45. The Labute approximate surface area is 282 Å². The van der Waals surface area contributed by atoms with Crippen molar-refractivity contribution in [2.45, 2.75) is 0 Å². The zero-order valence-electron chi connectivity index (χ0n) is 25.9. The molecule has 11 rings (SSSR count). The number of hydrogen-bond donors (Lipinski definition) is 0. The number of furan rings is 2. The summed E-state index contributed by atoms with van der Waals surface area (Å²) in [7, 11) is 0. The Hall–Kier alpha value is -6.37. The molecule has 0 bridgehead atoms. The molecule has 6 heteroatoms. The first-order chi connectivity index (χ1) is 24.2. The maximum Gasteiger partial charge on any atom is 0.228 e. The molecular weight excluding hydrogens is 625 g/mol. The fourth-order valence-electron chi connectivity index (χ4n) is 7.27. The summed E-state index contributed by atoms with van der Waals surface area (Å²) in [4.78, 5) is 7.14. The van der Waals surface area contributed by atoms with Crippen LogP contribution in [0.2, 0.25) is 0 Å². The number of hydrogen-bond acceptors (Lipinski definition) is 6. The molecule has 0 amide bonds. The highest BCUT2D eigenvalue weighted by atomic mass is 32.1. The van der Waals surface area contributed by atoms with Crippen molar-refractivity contribution < 1.29 is 13.3 Å². The van der Waals surface area contributed by atoms with Crippen molar-refractivity contribution in [3.05, 3.63) is 146 Å². The zero-order valence-corrected chi connectivity index (χ0v) is 26.7. The highest BCUT2D eigenvalue weighted by Gasteiger charge is 2.21. The van der Waals surface area contributed by atoms with Crippen LogP contribution < -0.4 is 4.90 Å². The second-order valence-corrected chi connectivity index (χ2v) is 13.4. The van der Waals surface area contributed by atoms with Gasteiger partial charge in [-0.15, -0.1) is 11.3 Å². The van der Waals surface area contributed by atoms with Gasteiger partial charge in [0.05, 0.1) is 0 Å². The van der Waals surface area contributed by atoms with Crippen molar-refractivity contribution in [3.63, 3.8) is 0 Å². The molecule has 0 aliphatic carbocycles. The summed E-state index contributed by atoms with van der Waals surface area (Å²) >= 11 is 1.82. The van der Waals surface area contributed by atoms with Crippen LogP contribution in [0.15, 0.2) is 159 Å². The fraction of sp³-hybridized carbons (Fsp3) is 0. The number of fused-ring (bicyclic) bond motifs is 10. The zero-order chi connectivity index (χ0) is 32.1. The number of thiophene rings is 1. The first-order valence-corrected chi connectivity index (χ1v) is 17.0. The lowest BCUT2D eigenvalue weighted by atomic mass is 10.0. The van der Waals surface area contributed by atoms with Crippen LogP contribution in [0.1, 0.15) is 0 Å². The number of aromatic nitrogens is 1. The van der Waals surface area contributed by atoms with Gasteiger partial charge in [-0.1, -0.05) is 54.6 Å². The summed E-state index contributed by atoms with van der Waals surface area (Å²) < 4.78 is 21.6. The lowest BCUT2D eigenvalue weighted by molar-refractivity contribution is 0.620. The summed E-state index contributed by atoms with van der Waals surface area (Å²) in [5, 5.41) is 6.66. The van der Waals surface area contributed by atoms with Crippen molar-refractivity contribution >= 4 is 104 Å². The minimum Gasteiger partial charge on any atom is -0.456 e. The predicted molar refractivity (Wildman–Crippen MR) is 202 cm³/mol. The van der Waals surface area contributed by atoms with E-state index in [-0.39, 0.29) is 0 Å². The van der Waals surface area contributed by atoms with Gasteiger partial charge >= 0.3 is 0 Å². The Balaban J connectivity index is 1.16. The van der Waals surface area contributed by atoms with Gasteiger partial charge in [-0.2, -0.15) is 0 Å². The second-order valence-electron chi connectivity index (χ2n) is 12.3. The summed E-state index contributed by atoms with van der Waals surface area (Å²) in [5.41, 5.74) is 8.84. The number of para-hydroxylation sites is 3. The number of anilines is 3. The number of benzene rings is 7. The Morgan fingerprint density at radius 2 is 1.08 bits per heavy atom. The molecule has 49 heavy (non-hydrogen) atoms. The summed E-state index contributed by atoms with van der Waals surface area (Å²) in [5.74, 6) is 0.571. The molecule has 0 aliphatic heterocycles. The Morgan fingerprint density at radius 3 is 2.00 bits per heavy atom. The summed E-state index contributed by atoms with van der Waals surface area (Å²) in [6.07, 6.45) is 0. The van der Waals surface area contributed by atoms with E-state index in [2.05, 4.69) is 102 Å². The van der Waals surface area contributed by atoms with Crippen LogP contribution in [0.25, 0.3) is 86.6 Å². The summed E-state index contributed by atoms with van der Waals surface area (Å²) in [6.45, 7) is 0. The molecule has 4 aromatic heterocycles. The van der Waals surface area contributed by atoms with Gasteiger partial charge < -0.3 is 18.2 Å². The number of oxazole rings is 1. The average molecular weight is 649 g/mol. The molecule has 0 saturated carbocycles. The van der Waals surface area contributed by atoms with Gasteiger partial charge in [-0.05, 0) is 84.9 Å². The van der Waals surface area contributed by atoms with Gasteiger partial charge in [-0.3, -0.25) is 0 Å². The molecule has 7 aromatic carbocycles. The highest BCUT2D eigenvalue weighted by molar-refractivity contribution is 7.25. The minimum absolute atomic E-state index is 0.571. The first kappa shape index (κ1) is 26.7. The lowest BCUT2D eigenvalue weighted by Gasteiger charge is -2.25. The van der Waals surface area contributed by atoms with Gasteiger partial charge in [0.1, 0.15) is 27.8 Å². The van der Waals surface area contributed by atoms with Crippen LogP contribution in [0.4, 0.5) is 17.1 Å². The monoisotopic (exact) mass is 648 g/mol. The molecule has 0 unspecified atom stereocenters. The number of nitrogens with zero attached hydrogens (tertiary/aromatic N) is 2. The van der Waals surface area contributed by atoms with Crippen LogP contribution >= 0.6 is 11.3 Å². The van der Waals surface area contributed by atoms with Crippen molar-refractivity contribution in [1.82, 2.24) is 4.98 Å². The largest absolute Gasteiger partial charge is 0.456 e. The minimum atomic E-state index is 0.571. The molecular formula is C43H24N2O3S. The van der Waals surface area contributed by atoms with Crippen LogP contribution in [-0.2, 0) is 0 Å². The molecule has 0 saturated heterocycles. The van der Waals surface area contributed by atoms with Crippen LogP contribution in [0.5, 0.6) is 0 Å². The molecule has 5 nitrogen and oxygen atoms in total. The number of rotatable bonds is 4. The topological polar surface area (TPSA) is 55.6 Å². The smallest absolute Gasteiger partial charge is 0.228 e. The van der Waals surface area contributed by atoms with Crippen LogP contribution in [0.3, 0.4) is 0 Å². The predicted octanol–water partition coefficient (Wildman–Crippen LogP) is 13.1. The fourth-order valence-corrected chi connectivity index (χ4v) is 8.36.